The molecule has 0 aliphatic carbocycles. The van der Waals surface area contributed by atoms with Gasteiger partial charge in [0, 0.05) is 26.7 Å². The van der Waals surface area contributed by atoms with Gasteiger partial charge in [0.2, 0.25) is 10.0 Å². The third-order valence-corrected chi connectivity index (χ3v) is 9.32. The van der Waals surface area contributed by atoms with Crippen LogP contribution >= 0.6 is 23.2 Å². The summed E-state index contributed by atoms with van der Waals surface area (Å²) in [7, 11) is -3.58. The summed E-state index contributed by atoms with van der Waals surface area (Å²) in [5.41, 5.74) is 0.673. The quantitative estimate of drug-likeness (QED) is 0.479. The van der Waals surface area contributed by atoms with Crippen molar-refractivity contribution in [1.82, 2.24) is 4.31 Å². The molecule has 0 saturated heterocycles. The van der Waals surface area contributed by atoms with Gasteiger partial charge >= 0.3 is 0 Å². The first-order chi connectivity index (χ1) is 15.9. The van der Waals surface area contributed by atoms with Crippen LogP contribution in [0.4, 0.5) is 11.4 Å². The Kier molecular flexibility index (Phi) is 7.59. The minimum absolute atomic E-state index is 0.000656. The molecule has 3 aromatic rings. The van der Waals surface area contributed by atoms with E-state index in [1.807, 2.05) is 0 Å². The number of sulfonamides is 2. The summed E-state index contributed by atoms with van der Waals surface area (Å²) in [5, 5.41) is 2.49. The second-order valence-corrected chi connectivity index (χ2v) is 12.2. The molecule has 0 aromatic heterocycles. The monoisotopic (exact) mass is 541 g/mol. The molecule has 8 nitrogen and oxygen atoms in total. The number of rotatable bonds is 7. The Hall–Kier alpha value is -2.63. The molecule has 0 heterocycles. The van der Waals surface area contributed by atoms with E-state index in [1.54, 1.807) is 30.3 Å². The van der Waals surface area contributed by atoms with Crippen molar-refractivity contribution in [1.29, 1.82) is 0 Å². The molecule has 3 aromatic carbocycles. The van der Waals surface area contributed by atoms with E-state index in [1.165, 1.54) is 57.5 Å². The van der Waals surface area contributed by atoms with Gasteiger partial charge in [-0.15, -0.1) is 0 Å². The Morgan fingerprint density at radius 1 is 0.794 bits per heavy atom. The zero-order valence-corrected chi connectivity index (χ0v) is 21.5. The summed E-state index contributed by atoms with van der Waals surface area (Å²) in [6.45, 7) is 0. The lowest BCUT2D eigenvalue weighted by atomic mass is 10.2. The van der Waals surface area contributed by atoms with Gasteiger partial charge in [0.05, 0.1) is 26.3 Å². The average molecular weight is 542 g/mol. The lowest BCUT2D eigenvalue weighted by Gasteiger charge is -2.19. The number of carbonyl (C=O) groups is 1. The Balaban J connectivity index is 1.86. The first-order valence-electron chi connectivity index (χ1n) is 9.72. The van der Waals surface area contributed by atoms with Gasteiger partial charge in [-0.05, 0) is 48.5 Å². The summed E-state index contributed by atoms with van der Waals surface area (Å²) >= 11 is 12.2. The molecule has 0 fully saturated rings. The van der Waals surface area contributed by atoms with Gasteiger partial charge in [-0.25, -0.2) is 21.1 Å². The van der Waals surface area contributed by atoms with Crippen LogP contribution in [0, 0.1) is 0 Å². The van der Waals surface area contributed by atoms with Crippen molar-refractivity contribution in [3.8, 4) is 0 Å². The molecule has 34 heavy (non-hydrogen) atoms. The molecule has 0 bridgehead atoms. The molecular formula is C22H21Cl2N3O5S2. The number of anilines is 2. The van der Waals surface area contributed by atoms with Gasteiger partial charge in [0.25, 0.3) is 15.9 Å². The van der Waals surface area contributed by atoms with Gasteiger partial charge in [0.1, 0.15) is 4.90 Å². The van der Waals surface area contributed by atoms with Gasteiger partial charge in [-0.1, -0.05) is 41.4 Å². The number of hydrogen-bond donors (Lipinski definition) is 1. The number of amides is 1. The summed E-state index contributed by atoms with van der Waals surface area (Å²) in [6, 6.07) is 16.3. The number of hydrogen-bond acceptors (Lipinski definition) is 5. The van der Waals surface area contributed by atoms with E-state index in [0.29, 0.717) is 5.69 Å². The lowest BCUT2D eigenvalue weighted by molar-refractivity contribution is 0.102. The molecule has 0 saturated carbocycles. The summed E-state index contributed by atoms with van der Waals surface area (Å²) in [6.07, 6.45) is 0. The Morgan fingerprint density at radius 3 is 1.94 bits per heavy atom. The van der Waals surface area contributed by atoms with Crippen molar-refractivity contribution >= 4 is 60.5 Å². The molecule has 0 atom stereocenters. The summed E-state index contributed by atoms with van der Waals surface area (Å²) in [5.74, 6) is -0.613. The SMILES string of the molecule is CN(C)S(=O)(=O)c1cc(NC(=O)c2ccc(S(=O)(=O)N(C)c3ccccc3)cc2)c(Cl)cc1Cl. The van der Waals surface area contributed by atoms with Crippen molar-refractivity contribution in [2.45, 2.75) is 9.79 Å². The smallest absolute Gasteiger partial charge is 0.264 e. The van der Waals surface area contributed by atoms with Crippen molar-refractivity contribution in [2.75, 3.05) is 30.8 Å². The van der Waals surface area contributed by atoms with E-state index >= 15 is 0 Å². The van der Waals surface area contributed by atoms with Gasteiger partial charge in [-0.3, -0.25) is 9.10 Å². The molecule has 0 radical (unpaired) electrons. The van der Waals surface area contributed by atoms with Gasteiger partial charge in [-0.2, -0.15) is 0 Å². The highest BCUT2D eigenvalue weighted by molar-refractivity contribution is 7.92. The number of halogens is 2. The van der Waals surface area contributed by atoms with E-state index in [2.05, 4.69) is 5.32 Å². The maximum absolute atomic E-state index is 12.9. The maximum Gasteiger partial charge on any atom is 0.264 e. The van der Waals surface area contributed by atoms with Crippen LogP contribution in [0.5, 0.6) is 0 Å². The zero-order valence-electron chi connectivity index (χ0n) is 18.4. The molecule has 180 valence electrons. The molecule has 1 N–H and O–H groups in total. The Morgan fingerprint density at radius 2 is 1.38 bits per heavy atom. The number of benzene rings is 3. The van der Waals surface area contributed by atoms with Crippen molar-refractivity contribution < 1.29 is 21.6 Å². The van der Waals surface area contributed by atoms with E-state index < -0.39 is 26.0 Å². The number of nitrogens with zero attached hydrogens (tertiary/aromatic N) is 2. The second kappa shape index (κ2) is 9.93. The third-order valence-electron chi connectivity index (χ3n) is 4.92. The first-order valence-corrected chi connectivity index (χ1v) is 13.4. The standard InChI is InChI=1S/C22H21Cl2N3O5S2/c1-26(2)34(31,32)21-14-20(18(23)13-19(21)24)25-22(28)15-9-11-17(12-10-15)33(29,30)27(3)16-7-5-4-6-8-16/h4-14H,1-3H3,(H,25,28). The normalized spacial score (nSPS) is 11.9. The molecule has 1 amide bonds. The van der Waals surface area contributed by atoms with Crippen molar-refractivity contribution in [3.63, 3.8) is 0 Å². The zero-order chi connectivity index (χ0) is 25.3. The Labute approximate surface area is 208 Å². The van der Waals surface area contributed by atoms with Crippen LogP contribution in [0.3, 0.4) is 0 Å². The first kappa shape index (κ1) is 26.0. The summed E-state index contributed by atoms with van der Waals surface area (Å²) < 4.78 is 52.9. The highest BCUT2D eigenvalue weighted by Crippen LogP contribution is 2.33. The Bertz CT molecular complexity index is 1430. The van der Waals surface area contributed by atoms with E-state index in [4.69, 9.17) is 23.2 Å². The highest BCUT2D eigenvalue weighted by Gasteiger charge is 2.24. The average Bonchev–Trinajstić information content (AvgIpc) is 2.80. The molecular weight excluding hydrogens is 521 g/mol. The summed E-state index contributed by atoms with van der Waals surface area (Å²) in [4.78, 5) is 12.5. The third kappa shape index (κ3) is 5.21. The fourth-order valence-electron chi connectivity index (χ4n) is 2.93. The minimum atomic E-state index is -3.88. The minimum Gasteiger partial charge on any atom is -0.321 e. The van der Waals surface area contributed by atoms with Gasteiger partial charge in [0.15, 0.2) is 0 Å². The molecule has 0 spiro atoms. The van der Waals surface area contributed by atoms with Crippen LogP contribution < -0.4 is 9.62 Å². The van der Waals surface area contributed by atoms with Crippen LogP contribution in [0.2, 0.25) is 10.0 Å². The molecule has 0 unspecified atom stereocenters. The molecule has 3 rings (SSSR count). The van der Waals surface area contributed by atoms with E-state index in [-0.39, 0.29) is 31.1 Å². The topological polar surface area (TPSA) is 104 Å². The van der Waals surface area contributed by atoms with E-state index in [0.717, 1.165) is 8.61 Å². The number of nitrogens with one attached hydrogen (secondary N) is 1. The molecule has 0 aliphatic heterocycles. The second-order valence-electron chi connectivity index (χ2n) is 7.34. The number of para-hydroxylation sites is 1. The fraction of sp³-hybridized carbons (Fsp3) is 0.136. The van der Waals surface area contributed by atoms with Crippen LogP contribution in [-0.2, 0) is 20.0 Å². The molecule has 0 aliphatic rings. The van der Waals surface area contributed by atoms with Gasteiger partial charge < -0.3 is 5.32 Å². The van der Waals surface area contributed by atoms with Crippen LogP contribution in [-0.4, -0.2) is 48.2 Å². The van der Waals surface area contributed by atoms with Crippen LogP contribution in [0.15, 0.2) is 76.5 Å². The predicted molar refractivity (Wildman–Crippen MR) is 134 cm³/mol. The molecule has 12 heteroatoms. The van der Waals surface area contributed by atoms with Crippen molar-refractivity contribution in [2.24, 2.45) is 0 Å². The predicted octanol–water partition coefficient (Wildman–Crippen LogP) is 4.32. The van der Waals surface area contributed by atoms with E-state index in [9.17, 15) is 21.6 Å². The van der Waals surface area contributed by atoms with Crippen LogP contribution in [0.25, 0.3) is 0 Å². The highest BCUT2D eigenvalue weighted by atomic mass is 35.5. The van der Waals surface area contributed by atoms with Crippen molar-refractivity contribution in [3.05, 3.63) is 82.3 Å². The fourth-order valence-corrected chi connectivity index (χ4v) is 5.81. The van der Waals surface area contributed by atoms with Crippen LogP contribution in [0.1, 0.15) is 10.4 Å². The largest absolute Gasteiger partial charge is 0.321 e. The number of carbonyl (C=O) groups excluding carboxylic acids is 1. The maximum atomic E-state index is 12.9. The lowest BCUT2D eigenvalue weighted by Crippen LogP contribution is -2.26.